The second-order valence-corrected chi connectivity index (χ2v) is 4.51. The Morgan fingerprint density at radius 1 is 1.53 bits per heavy atom. The number of hydrogen-bond acceptors (Lipinski definition) is 1. The molecule has 2 rings (SSSR count). The average Bonchev–Trinajstić information content (AvgIpc) is 2.84. The van der Waals surface area contributed by atoms with E-state index in [9.17, 15) is 0 Å². The third-order valence-electron chi connectivity index (χ3n) is 2.95. The molecule has 1 atom stereocenters. The van der Waals surface area contributed by atoms with Crippen LogP contribution in [0.3, 0.4) is 0 Å². The van der Waals surface area contributed by atoms with E-state index in [4.69, 9.17) is 0 Å². The van der Waals surface area contributed by atoms with E-state index in [0.29, 0.717) is 5.92 Å². The summed E-state index contributed by atoms with van der Waals surface area (Å²) in [5.74, 6) is 1.20. The van der Waals surface area contributed by atoms with Crippen molar-refractivity contribution in [3.8, 4) is 0 Å². The summed E-state index contributed by atoms with van der Waals surface area (Å²) in [5, 5.41) is 0. The molecule has 0 heterocycles. The standard InChI is InChI=1S/C14H16S/c1-10-3-5-13(7-10)11(2)14-6-4-12(8-14)9-15/h3-6,8,14-15H,2,7,9H2,1H3. The van der Waals surface area contributed by atoms with Crippen molar-refractivity contribution in [3.63, 3.8) is 0 Å². The highest BCUT2D eigenvalue weighted by atomic mass is 32.1. The molecular weight excluding hydrogens is 200 g/mol. The second-order valence-electron chi connectivity index (χ2n) is 4.19. The lowest BCUT2D eigenvalue weighted by Gasteiger charge is -2.11. The summed E-state index contributed by atoms with van der Waals surface area (Å²) in [6.45, 7) is 6.36. The third kappa shape index (κ3) is 2.18. The highest BCUT2D eigenvalue weighted by molar-refractivity contribution is 7.80. The maximum Gasteiger partial charge on any atom is 0.0204 e. The smallest absolute Gasteiger partial charge is 0.0204 e. The van der Waals surface area contributed by atoms with Gasteiger partial charge in [0.2, 0.25) is 0 Å². The molecule has 78 valence electrons. The molecule has 0 radical (unpaired) electrons. The first-order valence-corrected chi connectivity index (χ1v) is 5.89. The maximum atomic E-state index is 4.27. The Labute approximate surface area is 97.2 Å². The van der Waals surface area contributed by atoms with Crippen LogP contribution in [-0.4, -0.2) is 5.75 Å². The van der Waals surface area contributed by atoms with E-state index in [0.717, 1.165) is 12.2 Å². The predicted molar refractivity (Wildman–Crippen MR) is 70.2 cm³/mol. The van der Waals surface area contributed by atoms with Crippen molar-refractivity contribution in [1.29, 1.82) is 0 Å². The van der Waals surface area contributed by atoms with E-state index in [1.807, 2.05) is 0 Å². The summed E-state index contributed by atoms with van der Waals surface area (Å²) in [6, 6.07) is 0. The fourth-order valence-electron chi connectivity index (χ4n) is 1.99. The molecule has 0 N–H and O–H groups in total. The molecular formula is C14H16S. The van der Waals surface area contributed by atoms with Crippen molar-refractivity contribution >= 4 is 12.6 Å². The number of rotatable bonds is 3. The molecule has 2 aliphatic rings. The van der Waals surface area contributed by atoms with Crippen LogP contribution < -0.4 is 0 Å². The quantitative estimate of drug-likeness (QED) is 0.680. The normalized spacial score (nSPS) is 23.9. The summed E-state index contributed by atoms with van der Waals surface area (Å²) >= 11 is 4.27. The first-order valence-electron chi connectivity index (χ1n) is 5.26. The lowest BCUT2D eigenvalue weighted by atomic mass is 9.93. The van der Waals surface area contributed by atoms with Gasteiger partial charge in [-0.3, -0.25) is 0 Å². The maximum absolute atomic E-state index is 4.27. The molecule has 2 aliphatic carbocycles. The van der Waals surface area contributed by atoms with Crippen molar-refractivity contribution in [1.82, 2.24) is 0 Å². The van der Waals surface area contributed by atoms with E-state index in [1.54, 1.807) is 0 Å². The van der Waals surface area contributed by atoms with Gasteiger partial charge in [-0.25, -0.2) is 0 Å². The molecule has 0 saturated carbocycles. The average molecular weight is 216 g/mol. The van der Waals surface area contributed by atoms with Gasteiger partial charge in [-0.15, -0.1) is 0 Å². The summed E-state index contributed by atoms with van der Waals surface area (Å²) in [7, 11) is 0. The Morgan fingerprint density at radius 3 is 2.87 bits per heavy atom. The number of allylic oxidation sites excluding steroid dienone is 8. The van der Waals surface area contributed by atoms with Crippen LogP contribution in [0.5, 0.6) is 0 Å². The minimum Gasteiger partial charge on any atom is -0.175 e. The highest BCUT2D eigenvalue weighted by Gasteiger charge is 2.16. The van der Waals surface area contributed by atoms with Crippen LogP contribution in [0.1, 0.15) is 13.3 Å². The molecule has 0 aliphatic heterocycles. The molecule has 0 aromatic carbocycles. The molecule has 0 spiro atoms. The van der Waals surface area contributed by atoms with Gasteiger partial charge in [0.25, 0.3) is 0 Å². The number of thiol groups is 1. The summed E-state index contributed by atoms with van der Waals surface area (Å²) in [5.41, 5.74) is 5.33. The number of hydrogen-bond donors (Lipinski definition) is 1. The SMILES string of the molecule is C=C(C1=CC=C(C)C1)C1C=CC(CS)=C1. The van der Waals surface area contributed by atoms with E-state index in [-0.39, 0.29) is 0 Å². The van der Waals surface area contributed by atoms with Crippen molar-refractivity contribution in [2.24, 2.45) is 5.92 Å². The molecule has 15 heavy (non-hydrogen) atoms. The fraction of sp³-hybridized carbons (Fsp3) is 0.286. The molecule has 1 heteroatoms. The Hall–Kier alpha value is -0.950. The van der Waals surface area contributed by atoms with Gasteiger partial charge in [-0.2, -0.15) is 12.6 Å². The van der Waals surface area contributed by atoms with Crippen LogP contribution in [0.4, 0.5) is 0 Å². The Kier molecular flexibility index (Phi) is 3.01. The second kappa shape index (κ2) is 4.28. The van der Waals surface area contributed by atoms with Crippen LogP contribution in [-0.2, 0) is 0 Å². The molecule has 0 aromatic rings. The van der Waals surface area contributed by atoms with Crippen molar-refractivity contribution in [3.05, 3.63) is 59.3 Å². The summed E-state index contributed by atoms with van der Waals surface area (Å²) < 4.78 is 0. The zero-order valence-electron chi connectivity index (χ0n) is 9.03. The topological polar surface area (TPSA) is 0 Å². The van der Waals surface area contributed by atoms with E-state index in [1.165, 1.54) is 22.3 Å². The minimum atomic E-state index is 0.387. The Morgan fingerprint density at radius 2 is 2.33 bits per heavy atom. The van der Waals surface area contributed by atoms with Gasteiger partial charge in [0.05, 0.1) is 0 Å². The van der Waals surface area contributed by atoms with Crippen molar-refractivity contribution in [2.75, 3.05) is 5.75 Å². The summed E-state index contributed by atoms with van der Waals surface area (Å²) in [4.78, 5) is 0. The Balaban J connectivity index is 2.06. The van der Waals surface area contributed by atoms with Crippen LogP contribution >= 0.6 is 12.6 Å². The summed E-state index contributed by atoms with van der Waals surface area (Å²) in [6.07, 6.45) is 12.1. The van der Waals surface area contributed by atoms with E-state index < -0.39 is 0 Å². The zero-order chi connectivity index (χ0) is 10.8. The zero-order valence-corrected chi connectivity index (χ0v) is 9.93. The predicted octanol–water partition coefficient (Wildman–Crippen LogP) is 3.86. The minimum absolute atomic E-state index is 0.387. The molecule has 0 amide bonds. The Bertz CT molecular complexity index is 405. The van der Waals surface area contributed by atoms with E-state index >= 15 is 0 Å². The van der Waals surface area contributed by atoms with Gasteiger partial charge < -0.3 is 0 Å². The first-order chi connectivity index (χ1) is 7.20. The van der Waals surface area contributed by atoms with Crippen LogP contribution in [0, 0.1) is 5.92 Å². The van der Waals surface area contributed by atoms with Crippen LogP contribution in [0.15, 0.2) is 59.3 Å². The lowest BCUT2D eigenvalue weighted by Crippen LogP contribution is -1.97. The lowest BCUT2D eigenvalue weighted by molar-refractivity contribution is 0.971. The third-order valence-corrected chi connectivity index (χ3v) is 3.31. The molecule has 0 nitrogen and oxygen atoms in total. The van der Waals surface area contributed by atoms with Gasteiger partial charge in [-0.1, -0.05) is 42.5 Å². The molecule has 0 aromatic heterocycles. The fourth-order valence-corrected chi connectivity index (χ4v) is 2.20. The molecule has 0 bridgehead atoms. The molecule has 0 saturated heterocycles. The van der Waals surface area contributed by atoms with Crippen molar-refractivity contribution in [2.45, 2.75) is 13.3 Å². The van der Waals surface area contributed by atoms with Gasteiger partial charge in [0, 0.05) is 11.7 Å². The van der Waals surface area contributed by atoms with Gasteiger partial charge in [0.1, 0.15) is 0 Å². The van der Waals surface area contributed by atoms with Crippen LogP contribution in [0.2, 0.25) is 0 Å². The van der Waals surface area contributed by atoms with Gasteiger partial charge in [-0.05, 0) is 30.1 Å². The van der Waals surface area contributed by atoms with E-state index in [2.05, 4.69) is 56.5 Å². The highest BCUT2D eigenvalue weighted by Crippen LogP contribution is 2.32. The van der Waals surface area contributed by atoms with Crippen molar-refractivity contribution < 1.29 is 0 Å². The van der Waals surface area contributed by atoms with Gasteiger partial charge in [0.15, 0.2) is 0 Å². The molecule has 1 unspecified atom stereocenters. The monoisotopic (exact) mass is 216 g/mol. The first kappa shape index (κ1) is 10.6. The van der Waals surface area contributed by atoms with Gasteiger partial charge >= 0.3 is 0 Å². The largest absolute Gasteiger partial charge is 0.175 e. The van der Waals surface area contributed by atoms with Crippen LogP contribution in [0.25, 0.3) is 0 Å². The molecule has 0 fully saturated rings.